The van der Waals surface area contributed by atoms with Gasteiger partial charge >= 0.3 is 0 Å². The second-order valence-electron chi connectivity index (χ2n) is 5.91. The Morgan fingerprint density at radius 1 is 1.30 bits per heavy atom. The number of aliphatic hydroxyl groups excluding tert-OH is 1. The third-order valence-electron chi connectivity index (χ3n) is 4.09. The van der Waals surface area contributed by atoms with Gasteiger partial charge in [-0.1, -0.05) is 6.07 Å². The third-order valence-corrected chi connectivity index (χ3v) is 4.09. The average Bonchev–Trinajstić information content (AvgIpc) is 2.58. The Morgan fingerprint density at radius 2 is 2.05 bits per heavy atom. The number of rotatable bonds is 3. The van der Waals surface area contributed by atoms with Crippen LogP contribution in [-0.2, 0) is 0 Å². The molecule has 2 N–H and O–H groups in total. The van der Waals surface area contributed by atoms with E-state index >= 15 is 0 Å². The third kappa shape index (κ3) is 3.25. The minimum absolute atomic E-state index is 0.579. The van der Waals surface area contributed by atoms with Gasteiger partial charge in [0.15, 0.2) is 0 Å². The van der Waals surface area contributed by atoms with Crippen molar-refractivity contribution in [3.8, 4) is 5.75 Å². The Hall–Kier alpha value is -1.26. The molecule has 112 valence electrons. The standard InChI is InChI=1S/C16H25NO3/c1-12(18)15-13(6-4-7-14(15)20-3)17-10-5-8-16(2,19)9-11-17/h4,6-7,12,18-19H,5,8-11H2,1-3H3/t12-,16?/m0/s1. The van der Waals surface area contributed by atoms with Gasteiger partial charge in [-0.15, -0.1) is 0 Å². The van der Waals surface area contributed by atoms with E-state index in [4.69, 9.17) is 4.74 Å². The molecule has 1 aromatic carbocycles. The quantitative estimate of drug-likeness (QED) is 0.892. The van der Waals surface area contributed by atoms with E-state index in [2.05, 4.69) is 4.90 Å². The van der Waals surface area contributed by atoms with Gasteiger partial charge in [-0.25, -0.2) is 0 Å². The van der Waals surface area contributed by atoms with E-state index in [1.54, 1.807) is 14.0 Å². The number of anilines is 1. The molecule has 2 rings (SSSR count). The van der Waals surface area contributed by atoms with Crippen LogP contribution in [0.25, 0.3) is 0 Å². The van der Waals surface area contributed by atoms with Crippen molar-refractivity contribution in [1.29, 1.82) is 0 Å². The highest BCUT2D eigenvalue weighted by atomic mass is 16.5. The van der Waals surface area contributed by atoms with Crippen LogP contribution in [-0.4, -0.2) is 36.0 Å². The lowest BCUT2D eigenvalue weighted by Crippen LogP contribution is -2.29. The van der Waals surface area contributed by atoms with Crippen molar-refractivity contribution in [2.24, 2.45) is 0 Å². The first-order valence-corrected chi connectivity index (χ1v) is 7.27. The van der Waals surface area contributed by atoms with Crippen LogP contribution in [0.15, 0.2) is 18.2 Å². The van der Waals surface area contributed by atoms with Gasteiger partial charge in [-0.3, -0.25) is 0 Å². The Kier molecular flexibility index (Phi) is 4.55. The maximum absolute atomic E-state index is 10.2. The summed E-state index contributed by atoms with van der Waals surface area (Å²) in [4.78, 5) is 2.24. The zero-order valence-electron chi connectivity index (χ0n) is 12.6. The minimum Gasteiger partial charge on any atom is -0.496 e. The van der Waals surface area contributed by atoms with Crippen LogP contribution in [0.1, 0.15) is 44.8 Å². The summed E-state index contributed by atoms with van der Waals surface area (Å²) in [5.41, 5.74) is 1.26. The fourth-order valence-electron chi connectivity index (χ4n) is 2.91. The molecule has 0 amide bonds. The van der Waals surface area contributed by atoms with Crippen molar-refractivity contribution in [2.45, 2.75) is 44.8 Å². The smallest absolute Gasteiger partial charge is 0.126 e. The summed E-state index contributed by atoms with van der Waals surface area (Å²) in [6.45, 7) is 5.34. The number of nitrogens with zero attached hydrogens (tertiary/aromatic N) is 1. The zero-order chi connectivity index (χ0) is 14.8. The van der Waals surface area contributed by atoms with Crippen molar-refractivity contribution in [2.75, 3.05) is 25.1 Å². The van der Waals surface area contributed by atoms with Gasteiger partial charge in [0, 0.05) is 24.3 Å². The molecule has 1 heterocycles. The molecular formula is C16H25NO3. The summed E-state index contributed by atoms with van der Waals surface area (Å²) < 4.78 is 5.37. The zero-order valence-corrected chi connectivity index (χ0v) is 12.6. The van der Waals surface area contributed by atoms with Gasteiger partial charge in [-0.05, 0) is 45.2 Å². The molecule has 1 aromatic rings. The molecule has 0 aromatic heterocycles. The topological polar surface area (TPSA) is 52.9 Å². The molecule has 0 saturated carbocycles. The first-order valence-electron chi connectivity index (χ1n) is 7.27. The minimum atomic E-state index is -0.585. The van der Waals surface area contributed by atoms with Crippen molar-refractivity contribution in [3.63, 3.8) is 0 Å². The Morgan fingerprint density at radius 3 is 2.70 bits per heavy atom. The van der Waals surface area contributed by atoms with Gasteiger partial charge < -0.3 is 19.8 Å². The highest BCUT2D eigenvalue weighted by molar-refractivity contribution is 5.60. The predicted octanol–water partition coefficient (Wildman–Crippen LogP) is 2.49. The van der Waals surface area contributed by atoms with E-state index in [0.717, 1.165) is 43.6 Å². The molecule has 1 aliphatic heterocycles. The Labute approximate surface area is 121 Å². The Balaban J connectivity index is 2.32. The maximum atomic E-state index is 10.2. The Bertz CT molecular complexity index is 457. The lowest BCUT2D eigenvalue weighted by atomic mass is 9.98. The molecular weight excluding hydrogens is 254 g/mol. The number of aliphatic hydroxyl groups is 2. The van der Waals surface area contributed by atoms with Crippen molar-refractivity contribution in [1.82, 2.24) is 0 Å². The first kappa shape index (κ1) is 15.1. The molecule has 1 unspecified atom stereocenters. The molecule has 4 heteroatoms. The molecule has 0 radical (unpaired) electrons. The van der Waals surface area contributed by atoms with Crippen LogP contribution in [0.4, 0.5) is 5.69 Å². The molecule has 2 atom stereocenters. The van der Waals surface area contributed by atoms with Gasteiger partial charge in [0.25, 0.3) is 0 Å². The second-order valence-corrected chi connectivity index (χ2v) is 5.91. The van der Waals surface area contributed by atoms with Crippen molar-refractivity contribution >= 4 is 5.69 Å². The first-order chi connectivity index (χ1) is 9.44. The molecule has 1 fully saturated rings. The predicted molar refractivity (Wildman–Crippen MR) is 80.3 cm³/mol. The monoisotopic (exact) mass is 279 g/mol. The summed E-state index contributed by atoms with van der Waals surface area (Å²) in [7, 11) is 1.62. The average molecular weight is 279 g/mol. The van der Waals surface area contributed by atoms with Crippen LogP contribution in [0.2, 0.25) is 0 Å². The van der Waals surface area contributed by atoms with Crippen LogP contribution in [0.5, 0.6) is 5.75 Å². The fraction of sp³-hybridized carbons (Fsp3) is 0.625. The summed E-state index contributed by atoms with van der Waals surface area (Å²) in [6, 6.07) is 5.84. The lowest BCUT2D eigenvalue weighted by Gasteiger charge is -2.28. The molecule has 20 heavy (non-hydrogen) atoms. The van der Waals surface area contributed by atoms with E-state index in [1.165, 1.54) is 0 Å². The second kappa shape index (κ2) is 6.02. The number of hydrogen-bond acceptors (Lipinski definition) is 4. The SMILES string of the molecule is COc1cccc(N2CCCC(C)(O)CC2)c1[C@H](C)O. The number of benzene rings is 1. The highest BCUT2D eigenvalue weighted by Gasteiger charge is 2.27. The molecule has 1 saturated heterocycles. The van der Waals surface area contributed by atoms with E-state index in [1.807, 2.05) is 25.1 Å². The summed E-state index contributed by atoms with van der Waals surface area (Å²) in [5, 5.41) is 20.3. The van der Waals surface area contributed by atoms with Crippen LogP contribution in [0, 0.1) is 0 Å². The maximum Gasteiger partial charge on any atom is 0.126 e. The van der Waals surface area contributed by atoms with E-state index in [-0.39, 0.29) is 0 Å². The summed E-state index contributed by atoms with van der Waals surface area (Å²) in [6.07, 6.45) is 1.93. The van der Waals surface area contributed by atoms with Gasteiger partial charge in [0.2, 0.25) is 0 Å². The fourth-order valence-corrected chi connectivity index (χ4v) is 2.91. The van der Waals surface area contributed by atoms with E-state index in [9.17, 15) is 10.2 Å². The van der Waals surface area contributed by atoms with E-state index < -0.39 is 11.7 Å². The summed E-state index contributed by atoms with van der Waals surface area (Å²) >= 11 is 0. The largest absolute Gasteiger partial charge is 0.496 e. The van der Waals surface area contributed by atoms with Gasteiger partial charge in [0.05, 0.1) is 18.8 Å². The lowest BCUT2D eigenvalue weighted by molar-refractivity contribution is 0.0481. The van der Waals surface area contributed by atoms with Gasteiger partial charge in [-0.2, -0.15) is 0 Å². The van der Waals surface area contributed by atoms with E-state index in [0.29, 0.717) is 5.75 Å². The van der Waals surface area contributed by atoms with Crippen LogP contribution >= 0.6 is 0 Å². The molecule has 0 bridgehead atoms. The number of methoxy groups -OCH3 is 1. The molecule has 1 aliphatic rings. The number of hydrogen-bond donors (Lipinski definition) is 2. The molecule has 0 aliphatic carbocycles. The number of ether oxygens (including phenoxy) is 1. The van der Waals surface area contributed by atoms with Crippen molar-refractivity contribution in [3.05, 3.63) is 23.8 Å². The van der Waals surface area contributed by atoms with Crippen LogP contribution in [0.3, 0.4) is 0 Å². The van der Waals surface area contributed by atoms with Gasteiger partial charge in [0.1, 0.15) is 5.75 Å². The molecule has 4 nitrogen and oxygen atoms in total. The normalized spacial score (nSPS) is 25.1. The highest BCUT2D eigenvalue weighted by Crippen LogP contribution is 2.36. The van der Waals surface area contributed by atoms with Crippen molar-refractivity contribution < 1.29 is 14.9 Å². The molecule has 0 spiro atoms. The van der Waals surface area contributed by atoms with Crippen LogP contribution < -0.4 is 9.64 Å². The summed E-state index contributed by atoms with van der Waals surface area (Å²) in [5.74, 6) is 0.716.